The number of likely N-dealkylation sites (tertiary alicyclic amines) is 1. The fourth-order valence-electron chi connectivity index (χ4n) is 9.67. The Balaban J connectivity index is 0.896. The lowest BCUT2D eigenvalue weighted by Crippen LogP contribution is -2.74. The number of ether oxygens (including phenoxy) is 3. The number of aliphatic hydroxyl groups excluding tert-OH is 1. The number of nitriles is 1. The summed E-state index contributed by atoms with van der Waals surface area (Å²) in [6.07, 6.45) is 1.13. The van der Waals surface area contributed by atoms with Gasteiger partial charge in [0.15, 0.2) is 0 Å². The van der Waals surface area contributed by atoms with Crippen molar-refractivity contribution in [2.75, 3.05) is 32.9 Å². The molecule has 4 amide bonds. The van der Waals surface area contributed by atoms with Gasteiger partial charge in [-0.3, -0.25) is 19.2 Å². The van der Waals surface area contributed by atoms with Gasteiger partial charge >= 0.3 is 0 Å². The molecule has 3 aromatic carbocycles. The summed E-state index contributed by atoms with van der Waals surface area (Å²) < 4.78 is 18.0. The zero-order valence-corrected chi connectivity index (χ0v) is 42.3. The van der Waals surface area contributed by atoms with Crippen LogP contribution < -0.4 is 31.2 Å². The molecule has 17 heteroatoms. The number of hydrogen-bond donors (Lipinski definition) is 5. The van der Waals surface area contributed by atoms with E-state index in [2.05, 4.69) is 54.7 Å². The molecule has 2 heterocycles. The first-order chi connectivity index (χ1) is 32.6. The van der Waals surface area contributed by atoms with E-state index >= 15 is 0 Å². The van der Waals surface area contributed by atoms with Crippen LogP contribution in [-0.2, 0) is 19.1 Å². The number of rotatable bonds is 20. The van der Waals surface area contributed by atoms with E-state index < -0.39 is 58.2 Å². The predicted octanol–water partition coefficient (Wildman–Crippen LogP) is 7.13. The predicted molar refractivity (Wildman–Crippen MR) is 266 cm³/mol. The van der Waals surface area contributed by atoms with Gasteiger partial charge in [-0.1, -0.05) is 84.3 Å². The van der Waals surface area contributed by atoms with Gasteiger partial charge in [-0.15, -0.1) is 11.3 Å². The first kappa shape index (κ1) is 52.8. The molecule has 4 aromatic rings. The second-order valence-electron chi connectivity index (χ2n) is 20.2. The average molecular weight is 985 g/mol. The van der Waals surface area contributed by atoms with Crippen molar-refractivity contribution in [2.24, 2.45) is 22.0 Å². The first-order valence-electron chi connectivity index (χ1n) is 23.4. The standard InChI is InChI=1S/C52H66ClN7O8S/c1-31-43(69-30-56-31)33-14-12-32(13-15-33)40(27-55)57-46(64)41-24-36(61)28-60(41)47(65)44(50(2,3)4)58-42(62)29-66-22-10-9-11-23-67-37-19-16-34(17-20-37)45(63)59-48-51(5,6)49(52(48,7)8)68-38-21-18-35(26-54)39(53)25-38/h12-21,25,30,36,40-41,44,48-49,61H,9-11,22-24,27-29,55H2,1-8H3,(H,57,64)(H,58,62)(H,59,63)/t36-,40+,41+,44-,48-,49-/m1/s1. The number of carbonyl (C=O) groups is 4. The van der Waals surface area contributed by atoms with Crippen LogP contribution in [0.2, 0.25) is 5.02 Å². The van der Waals surface area contributed by atoms with Crippen molar-refractivity contribution in [3.63, 3.8) is 0 Å². The number of hydrogen-bond acceptors (Lipinski definition) is 12. The molecule has 69 heavy (non-hydrogen) atoms. The lowest BCUT2D eigenvalue weighted by Gasteiger charge is -2.63. The maximum atomic E-state index is 14.1. The zero-order chi connectivity index (χ0) is 50.3. The van der Waals surface area contributed by atoms with E-state index in [1.54, 1.807) is 59.3 Å². The van der Waals surface area contributed by atoms with Gasteiger partial charge in [0.25, 0.3) is 5.91 Å². The molecular formula is C52H66ClN7O8S. The van der Waals surface area contributed by atoms with E-state index in [9.17, 15) is 29.5 Å². The van der Waals surface area contributed by atoms with Crippen LogP contribution in [0.4, 0.5) is 0 Å². The molecule has 2 aliphatic rings. The fourth-order valence-corrected chi connectivity index (χ4v) is 10.7. The Kier molecular flexibility index (Phi) is 17.2. The highest BCUT2D eigenvalue weighted by molar-refractivity contribution is 7.13. The van der Waals surface area contributed by atoms with Gasteiger partial charge in [0.1, 0.15) is 42.4 Å². The van der Waals surface area contributed by atoms with Gasteiger partial charge in [0, 0.05) is 54.6 Å². The maximum Gasteiger partial charge on any atom is 0.251 e. The van der Waals surface area contributed by atoms with Crippen molar-refractivity contribution in [1.29, 1.82) is 5.26 Å². The summed E-state index contributed by atoms with van der Waals surface area (Å²) in [6.45, 7) is 16.3. The van der Waals surface area contributed by atoms with E-state index in [1.165, 1.54) is 4.90 Å². The number of nitrogens with zero attached hydrogens (tertiary/aromatic N) is 3. The maximum absolute atomic E-state index is 14.1. The van der Waals surface area contributed by atoms with Crippen LogP contribution in [0.1, 0.15) is 107 Å². The Morgan fingerprint density at radius 2 is 1.64 bits per heavy atom. The van der Waals surface area contributed by atoms with E-state index in [0.717, 1.165) is 34.5 Å². The highest BCUT2D eigenvalue weighted by atomic mass is 35.5. The number of aromatic nitrogens is 1. The Labute approximate surface area is 414 Å². The number of nitrogens with two attached hydrogens (primary N) is 1. The summed E-state index contributed by atoms with van der Waals surface area (Å²) in [5.74, 6) is -0.347. The van der Waals surface area contributed by atoms with Crippen molar-refractivity contribution in [2.45, 2.75) is 117 Å². The van der Waals surface area contributed by atoms with E-state index in [0.29, 0.717) is 47.3 Å². The lowest BCUT2D eigenvalue weighted by molar-refractivity contribution is -0.164. The second-order valence-corrected chi connectivity index (χ2v) is 21.5. The minimum Gasteiger partial charge on any atom is -0.494 e. The van der Waals surface area contributed by atoms with Crippen LogP contribution in [0.5, 0.6) is 11.5 Å². The van der Waals surface area contributed by atoms with E-state index in [1.807, 2.05) is 52.0 Å². The molecule has 0 bridgehead atoms. The topological polar surface area (TPSA) is 218 Å². The largest absolute Gasteiger partial charge is 0.494 e. The average Bonchev–Trinajstić information content (AvgIpc) is 3.93. The van der Waals surface area contributed by atoms with Crippen molar-refractivity contribution in [3.8, 4) is 28.0 Å². The number of aryl methyl sites for hydroxylation is 1. The number of nitrogens with one attached hydrogen (secondary N) is 3. The number of carbonyl (C=O) groups excluding carboxylic acids is 4. The Bertz CT molecular complexity index is 2470. The minimum absolute atomic E-state index is 0.0474. The first-order valence-corrected chi connectivity index (χ1v) is 24.7. The third-order valence-electron chi connectivity index (χ3n) is 13.1. The quantitative estimate of drug-likeness (QED) is 0.0561. The summed E-state index contributed by atoms with van der Waals surface area (Å²) in [5, 5.41) is 29.2. The Hall–Kier alpha value is -5.57. The fraction of sp³-hybridized carbons (Fsp3) is 0.500. The van der Waals surface area contributed by atoms with Crippen LogP contribution in [0.25, 0.3) is 10.4 Å². The summed E-state index contributed by atoms with van der Waals surface area (Å²) in [6, 6.07) is 19.2. The van der Waals surface area contributed by atoms with Gasteiger partial charge in [0.2, 0.25) is 17.7 Å². The van der Waals surface area contributed by atoms with Gasteiger partial charge in [0.05, 0.1) is 45.4 Å². The molecule has 0 radical (unpaired) electrons. The van der Waals surface area contributed by atoms with Crippen molar-refractivity contribution >= 4 is 46.6 Å². The number of halogens is 1. The summed E-state index contributed by atoms with van der Waals surface area (Å²) in [4.78, 5) is 61.1. The molecule has 6 rings (SSSR count). The van der Waals surface area contributed by atoms with Crippen LogP contribution in [0.3, 0.4) is 0 Å². The lowest BCUT2D eigenvalue weighted by atomic mass is 9.49. The number of amides is 4. The highest BCUT2D eigenvalue weighted by Crippen LogP contribution is 2.55. The molecule has 1 aromatic heterocycles. The minimum atomic E-state index is -0.986. The van der Waals surface area contributed by atoms with Crippen LogP contribution in [0, 0.1) is 34.5 Å². The molecule has 0 unspecified atom stereocenters. The van der Waals surface area contributed by atoms with Gasteiger partial charge in [-0.05, 0) is 79.1 Å². The molecule has 1 saturated heterocycles. The molecule has 6 N–H and O–H groups in total. The molecule has 1 aliphatic heterocycles. The van der Waals surface area contributed by atoms with Crippen molar-refractivity contribution in [3.05, 3.63) is 99.6 Å². The van der Waals surface area contributed by atoms with Gasteiger partial charge in [-0.25, -0.2) is 4.98 Å². The molecule has 15 nitrogen and oxygen atoms in total. The number of aliphatic hydroxyl groups is 1. The smallest absolute Gasteiger partial charge is 0.251 e. The third-order valence-corrected chi connectivity index (χ3v) is 14.4. The SMILES string of the molecule is Cc1ncsc1-c1ccc([C@H](CN)NC(=O)[C@@H]2C[C@@H](O)CN2C(=O)[C@@H](NC(=O)COCCCCCOc2ccc(C(=O)N[C@H]3C(C)(C)[C@H](Oc4ccc(C#N)c(Cl)c4)C3(C)C)cc2)C(C)(C)C)cc1. The Morgan fingerprint density at radius 3 is 2.25 bits per heavy atom. The monoisotopic (exact) mass is 983 g/mol. The zero-order valence-electron chi connectivity index (χ0n) is 40.8. The molecule has 1 saturated carbocycles. The van der Waals surface area contributed by atoms with Gasteiger partial charge < -0.3 is 45.9 Å². The van der Waals surface area contributed by atoms with Gasteiger partial charge in [-0.2, -0.15) is 5.26 Å². The number of thiazole rings is 1. The molecule has 2 fully saturated rings. The second kappa shape index (κ2) is 22.5. The van der Waals surface area contributed by atoms with E-state index in [4.69, 9.17) is 31.5 Å². The van der Waals surface area contributed by atoms with Crippen LogP contribution >= 0.6 is 22.9 Å². The normalized spacial score (nSPS) is 20.2. The summed E-state index contributed by atoms with van der Waals surface area (Å²) in [5.41, 5.74) is 10.1. The van der Waals surface area contributed by atoms with Crippen LogP contribution in [0.15, 0.2) is 72.2 Å². The third kappa shape index (κ3) is 12.6. The highest BCUT2D eigenvalue weighted by Gasteiger charge is 2.64. The number of β-amino-alcohol motifs (C(OH)–C–C–N with tert-alkyl or cyclic N) is 1. The van der Waals surface area contributed by atoms with E-state index in [-0.39, 0.29) is 44.2 Å². The van der Waals surface area contributed by atoms with Crippen molar-refractivity contribution < 1.29 is 38.5 Å². The number of unbranched alkanes of at least 4 members (excludes halogenated alkanes) is 2. The molecular weight excluding hydrogens is 918 g/mol. The molecule has 0 spiro atoms. The van der Waals surface area contributed by atoms with Crippen LogP contribution in [-0.4, -0.2) is 102 Å². The number of benzene rings is 3. The van der Waals surface area contributed by atoms with Crippen molar-refractivity contribution in [1.82, 2.24) is 25.8 Å². The molecule has 4 atom stereocenters. The molecule has 1 aliphatic carbocycles. The Morgan fingerprint density at radius 1 is 0.971 bits per heavy atom. The molecule has 370 valence electrons. The summed E-state index contributed by atoms with van der Waals surface area (Å²) in [7, 11) is 0. The summed E-state index contributed by atoms with van der Waals surface area (Å²) >= 11 is 7.79.